The van der Waals surface area contributed by atoms with Crippen LogP contribution in [0.25, 0.3) is 0 Å². The second-order valence-corrected chi connectivity index (χ2v) is 18.2. The summed E-state index contributed by atoms with van der Waals surface area (Å²) in [5, 5.41) is 12.3. The number of imide groups is 1. The maximum Gasteiger partial charge on any atom is 0.435 e. The standard InChI is InChI=1S/C23H18Cl2F4N2O4.C22H14Cl3F4N3O4/c1-11-5-12(3-4-15(11)19(32)8-14-9-20(33-2)31-34-14)18-10-22(35-30-18,23(27,28)29)13-6-16(24)21(26)17(25)7-13;1-10-4-11(2-3-13(10)20(34)32(9-33)18-7-17(25)31-35-18)16-8-21(36-30-16,22(27,28)29)12-5-14(23)19(26)15(24)6-12/h3-7,14H,8-10H2,1-2H3;2-6,9,18H,7-8H2,1H3/t14?,22-;18?,21-/m00/s1. The Morgan fingerprint density at radius 2 is 1.17 bits per heavy atom. The highest BCUT2D eigenvalue weighted by molar-refractivity contribution is 6.65. The molecule has 2 amide bonds. The van der Waals surface area contributed by atoms with Crippen LogP contribution in [0.15, 0.2) is 81.3 Å². The van der Waals surface area contributed by atoms with Crippen molar-refractivity contribution >= 4 is 98.6 Å². The summed E-state index contributed by atoms with van der Waals surface area (Å²) in [6.07, 6.45) is -12.1. The number of carbonyl (C=O) groups excluding carboxylic acids is 3. The number of ketones is 1. The highest BCUT2D eigenvalue weighted by Gasteiger charge is 2.64. The zero-order chi connectivity index (χ0) is 52.0. The number of Topliss-reactive ketones (excluding diaryl/α,β-unsaturated/α-hetero) is 1. The first-order valence-corrected chi connectivity index (χ1v) is 22.3. The lowest BCUT2D eigenvalue weighted by molar-refractivity contribution is -0.276. The van der Waals surface area contributed by atoms with Gasteiger partial charge in [-0.05, 0) is 78.6 Å². The van der Waals surface area contributed by atoms with Crippen molar-refractivity contribution in [2.24, 2.45) is 20.6 Å². The van der Waals surface area contributed by atoms with E-state index in [2.05, 4.69) is 20.6 Å². The molecular weight excluding hydrogens is 1070 g/mol. The molecule has 8 rings (SSSR count). The fourth-order valence-corrected chi connectivity index (χ4v) is 8.90. The first kappa shape index (κ1) is 53.1. The third kappa shape index (κ3) is 10.5. The molecule has 71 heavy (non-hydrogen) atoms. The third-order valence-corrected chi connectivity index (χ3v) is 12.9. The lowest BCUT2D eigenvalue weighted by atomic mass is 9.86. The molecule has 4 aliphatic rings. The Morgan fingerprint density at radius 1 is 0.704 bits per heavy atom. The Balaban J connectivity index is 0.000000209. The molecule has 13 nitrogen and oxygen atoms in total. The first-order valence-electron chi connectivity index (χ1n) is 20.4. The number of alkyl halides is 6. The number of oxime groups is 4. The van der Waals surface area contributed by atoms with Gasteiger partial charge in [0, 0.05) is 35.1 Å². The molecule has 0 spiro atoms. The Kier molecular flexibility index (Phi) is 15.3. The van der Waals surface area contributed by atoms with Crippen LogP contribution in [-0.2, 0) is 40.1 Å². The summed E-state index contributed by atoms with van der Waals surface area (Å²) in [7, 11) is 1.46. The van der Waals surface area contributed by atoms with E-state index >= 15 is 0 Å². The predicted molar refractivity (Wildman–Crippen MR) is 243 cm³/mol. The minimum absolute atomic E-state index is 0.00161. The van der Waals surface area contributed by atoms with Crippen molar-refractivity contribution in [1.29, 1.82) is 0 Å². The second-order valence-electron chi connectivity index (χ2n) is 16.1. The maximum absolute atomic E-state index is 14.2. The molecule has 0 aromatic heterocycles. The fraction of sp³-hybridized carbons (Fsp3) is 0.311. The zero-order valence-electron chi connectivity index (χ0n) is 36.5. The number of nitrogens with zero attached hydrogens (tertiary/aromatic N) is 5. The molecule has 0 N–H and O–H groups in total. The summed E-state index contributed by atoms with van der Waals surface area (Å²) in [4.78, 5) is 57.9. The number of carbonyl (C=O) groups is 3. The van der Waals surface area contributed by atoms with E-state index in [0.29, 0.717) is 34.6 Å². The molecule has 26 heteroatoms. The molecule has 2 unspecified atom stereocenters. The van der Waals surface area contributed by atoms with Gasteiger partial charge in [-0.3, -0.25) is 14.4 Å². The Bertz CT molecular complexity index is 2910. The van der Waals surface area contributed by atoms with Crippen LogP contribution in [0.4, 0.5) is 35.1 Å². The maximum atomic E-state index is 14.2. The molecule has 4 aromatic rings. The van der Waals surface area contributed by atoms with E-state index < -0.39 is 97.5 Å². The van der Waals surface area contributed by atoms with E-state index in [1.54, 1.807) is 13.0 Å². The van der Waals surface area contributed by atoms with Crippen LogP contribution in [0.1, 0.15) is 86.2 Å². The largest absolute Gasteiger partial charge is 0.482 e. The monoisotopic (exact) mass is 1100 g/mol. The molecule has 0 radical (unpaired) electrons. The van der Waals surface area contributed by atoms with Gasteiger partial charge in [0.1, 0.15) is 6.10 Å². The third-order valence-electron chi connectivity index (χ3n) is 11.6. The van der Waals surface area contributed by atoms with Gasteiger partial charge in [-0.25, -0.2) is 13.7 Å². The van der Waals surface area contributed by atoms with Gasteiger partial charge in [0.15, 0.2) is 22.6 Å². The van der Waals surface area contributed by atoms with Crippen molar-refractivity contribution in [3.63, 3.8) is 0 Å². The normalized spacial score (nSPS) is 21.6. The van der Waals surface area contributed by atoms with Crippen molar-refractivity contribution in [3.8, 4) is 0 Å². The molecule has 4 aromatic carbocycles. The van der Waals surface area contributed by atoms with Gasteiger partial charge in [-0.2, -0.15) is 26.3 Å². The topological polar surface area (TPSA) is 150 Å². The van der Waals surface area contributed by atoms with Crippen LogP contribution in [-0.4, -0.2) is 77.3 Å². The molecule has 4 atom stereocenters. The Hall–Kier alpha value is -5.74. The quantitative estimate of drug-likeness (QED) is 0.0659. The molecule has 4 heterocycles. The molecule has 4 aliphatic heterocycles. The van der Waals surface area contributed by atoms with Crippen molar-refractivity contribution in [1.82, 2.24) is 4.90 Å². The SMILES string of the molecule is COC1=NOC(CC(=O)c2ccc(C3=NO[C@@](c4cc(Cl)c(F)c(Cl)c4)(C(F)(F)F)C3)cc2C)C1.Cc1cc(C2=NO[C@@](c3cc(Cl)c(F)c(Cl)c3)(C(F)(F)F)C2)ccc1C(=O)N(C=O)C1CC(Cl)=NO1. The van der Waals surface area contributed by atoms with E-state index in [9.17, 15) is 49.5 Å². The average molecular weight is 1100 g/mol. The van der Waals surface area contributed by atoms with Gasteiger partial charge >= 0.3 is 12.4 Å². The number of hydrogen-bond donors (Lipinski definition) is 0. The van der Waals surface area contributed by atoms with Crippen LogP contribution in [0.2, 0.25) is 20.1 Å². The number of benzene rings is 4. The molecule has 0 saturated heterocycles. The van der Waals surface area contributed by atoms with Crippen molar-refractivity contribution < 1.29 is 73.6 Å². The summed E-state index contributed by atoms with van der Waals surface area (Å²) < 4.78 is 118. The number of hydrogen-bond acceptors (Lipinski definition) is 12. The summed E-state index contributed by atoms with van der Waals surface area (Å²) in [5.74, 6) is -2.62. The Morgan fingerprint density at radius 3 is 1.55 bits per heavy atom. The van der Waals surface area contributed by atoms with Crippen LogP contribution in [0.5, 0.6) is 0 Å². The van der Waals surface area contributed by atoms with E-state index in [1.807, 2.05) is 0 Å². The van der Waals surface area contributed by atoms with Crippen LogP contribution >= 0.6 is 58.0 Å². The average Bonchev–Trinajstić information content (AvgIpc) is 4.15. The minimum Gasteiger partial charge on any atom is -0.482 e. The van der Waals surface area contributed by atoms with Crippen LogP contribution in [0.3, 0.4) is 0 Å². The van der Waals surface area contributed by atoms with Gasteiger partial charge in [0.25, 0.3) is 17.1 Å². The van der Waals surface area contributed by atoms with Crippen molar-refractivity contribution in [3.05, 3.63) is 137 Å². The fourth-order valence-electron chi connectivity index (χ4n) is 7.75. The molecule has 0 saturated carbocycles. The second kappa shape index (κ2) is 20.4. The van der Waals surface area contributed by atoms with Crippen LogP contribution in [0, 0.1) is 25.5 Å². The minimum atomic E-state index is -4.97. The van der Waals surface area contributed by atoms with Gasteiger partial charge < -0.3 is 24.1 Å². The highest BCUT2D eigenvalue weighted by atomic mass is 35.5. The smallest absolute Gasteiger partial charge is 0.435 e. The zero-order valence-corrected chi connectivity index (χ0v) is 40.2. The van der Waals surface area contributed by atoms with Gasteiger partial charge in [0.2, 0.25) is 18.5 Å². The number of halogens is 13. The van der Waals surface area contributed by atoms with E-state index in [1.165, 1.54) is 44.4 Å². The number of ether oxygens (including phenoxy) is 1. The summed E-state index contributed by atoms with van der Waals surface area (Å²) in [6, 6.07) is 11.9. The lowest BCUT2D eigenvalue weighted by Crippen LogP contribution is -2.42. The number of amides is 2. The van der Waals surface area contributed by atoms with E-state index in [0.717, 1.165) is 29.2 Å². The number of methoxy groups -OCH3 is 1. The molecule has 0 fully saturated rings. The highest BCUT2D eigenvalue weighted by Crippen LogP contribution is 2.52. The summed E-state index contributed by atoms with van der Waals surface area (Å²) in [6.45, 7) is 3.20. The number of rotatable bonds is 10. The van der Waals surface area contributed by atoms with Crippen molar-refractivity contribution in [2.45, 2.75) is 81.8 Å². The van der Waals surface area contributed by atoms with Gasteiger partial charge in [-0.15, -0.1) is 0 Å². The van der Waals surface area contributed by atoms with Gasteiger partial charge in [-0.1, -0.05) is 96.8 Å². The molecule has 376 valence electrons. The van der Waals surface area contributed by atoms with Crippen LogP contribution < -0.4 is 0 Å². The Labute approximate surface area is 421 Å². The molecular formula is C45H32Cl5F8N5O8. The van der Waals surface area contributed by atoms with Gasteiger partial charge in [0.05, 0.1) is 57.9 Å². The van der Waals surface area contributed by atoms with Crippen molar-refractivity contribution in [2.75, 3.05) is 7.11 Å². The predicted octanol–water partition coefficient (Wildman–Crippen LogP) is 12.3. The lowest BCUT2D eigenvalue weighted by Gasteiger charge is -2.29. The summed E-state index contributed by atoms with van der Waals surface area (Å²) >= 11 is 28.6. The molecule has 0 aliphatic carbocycles. The van der Waals surface area contributed by atoms with E-state index in [-0.39, 0.29) is 52.8 Å². The number of aryl methyl sites for hydroxylation is 2. The first-order chi connectivity index (χ1) is 33.3. The molecule has 0 bridgehead atoms. The summed E-state index contributed by atoms with van der Waals surface area (Å²) in [5.41, 5.74) is -5.00. The van der Waals surface area contributed by atoms with E-state index in [4.69, 9.17) is 82.1 Å².